The van der Waals surface area contributed by atoms with Crippen LogP contribution in [0.5, 0.6) is 0 Å². The molecule has 1 saturated heterocycles. The first-order valence-corrected chi connectivity index (χ1v) is 7.73. The second-order valence-corrected chi connectivity index (χ2v) is 7.00. The standard InChI is InChI=1S/C11H21N3O5S/c1-12(2)10(15)8-13(3)20(18,19)14-7-5-4-6-9(14)11(16)17/h9H,4-8H2,1-3H3,(H,16,17). The fourth-order valence-corrected chi connectivity index (χ4v) is 3.53. The Morgan fingerprint density at radius 3 is 2.35 bits per heavy atom. The lowest BCUT2D eigenvalue weighted by Crippen LogP contribution is -2.53. The number of carboxylic acid groups (broad SMARTS) is 1. The number of aliphatic carboxylic acids is 1. The Kier molecular flexibility index (Phi) is 5.49. The van der Waals surface area contributed by atoms with Crippen LogP contribution in [0.3, 0.4) is 0 Å². The molecule has 1 fully saturated rings. The van der Waals surface area contributed by atoms with Crippen LogP contribution in [0.25, 0.3) is 0 Å². The Balaban J connectivity index is 2.90. The maximum atomic E-state index is 12.4. The molecule has 0 spiro atoms. The zero-order chi connectivity index (χ0) is 15.5. The second-order valence-electron chi connectivity index (χ2n) is 5.01. The minimum atomic E-state index is -3.95. The van der Waals surface area contributed by atoms with Gasteiger partial charge in [-0.25, -0.2) is 0 Å². The first kappa shape index (κ1) is 16.9. The van der Waals surface area contributed by atoms with Crippen molar-refractivity contribution in [3.8, 4) is 0 Å². The van der Waals surface area contributed by atoms with Crippen molar-refractivity contribution in [2.45, 2.75) is 25.3 Å². The number of likely N-dealkylation sites (N-methyl/N-ethyl adjacent to an activating group) is 2. The highest BCUT2D eigenvalue weighted by Crippen LogP contribution is 2.22. The number of carbonyl (C=O) groups is 2. The summed E-state index contributed by atoms with van der Waals surface area (Å²) in [5.41, 5.74) is 0. The van der Waals surface area contributed by atoms with Gasteiger partial charge in [-0.3, -0.25) is 9.59 Å². The smallest absolute Gasteiger partial charge is 0.322 e. The molecular weight excluding hydrogens is 286 g/mol. The van der Waals surface area contributed by atoms with E-state index < -0.39 is 22.2 Å². The van der Waals surface area contributed by atoms with E-state index in [0.717, 1.165) is 8.61 Å². The predicted octanol–water partition coefficient (Wildman–Crippen LogP) is -0.810. The van der Waals surface area contributed by atoms with Crippen molar-refractivity contribution in [2.75, 3.05) is 34.2 Å². The highest BCUT2D eigenvalue weighted by molar-refractivity contribution is 7.86. The van der Waals surface area contributed by atoms with E-state index in [1.165, 1.54) is 26.0 Å². The average molecular weight is 307 g/mol. The Labute approximate surface area is 119 Å². The van der Waals surface area contributed by atoms with Gasteiger partial charge in [0.1, 0.15) is 6.04 Å². The van der Waals surface area contributed by atoms with Crippen molar-refractivity contribution in [2.24, 2.45) is 0 Å². The summed E-state index contributed by atoms with van der Waals surface area (Å²) in [5, 5.41) is 9.12. The summed E-state index contributed by atoms with van der Waals surface area (Å²) in [6, 6.07) is -1.05. The number of piperidine rings is 1. The number of carboxylic acids is 1. The quantitative estimate of drug-likeness (QED) is 0.716. The van der Waals surface area contributed by atoms with Crippen LogP contribution in [0.15, 0.2) is 0 Å². The van der Waals surface area contributed by atoms with Gasteiger partial charge >= 0.3 is 5.97 Å². The molecule has 1 heterocycles. The van der Waals surface area contributed by atoms with Crippen molar-refractivity contribution < 1.29 is 23.1 Å². The van der Waals surface area contributed by atoms with Gasteiger partial charge in [0.2, 0.25) is 5.91 Å². The zero-order valence-electron chi connectivity index (χ0n) is 11.9. The van der Waals surface area contributed by atoms with Gasteiger partial charge in [0.15, 0.2) is 0 Å². The largest absolute Gasteiger partial charge is 0.480 e. The van der Waals surface area contributed by atoms with Crippen LogP contribution in [-0.4, -0.2) is 79.2 Å². The molecule has 1 atom stereocenters. The van der Waals surface area contributed by atoms with Crippen LogP contribution in [0, 0.1) is 0 Å². The van der Waals surface area contributed by atoms with Crippen LogP contribution in [0.2, 0.25) is 0 Å². The predicted molar refractivity (Wildman–Crippen MR) is 72.2 cm³/mol. The minimum absolute atomic E-state index is 0.166. The van der Waals surface area contributed by atoms with E-state index in [9.17, 15) is 18.0 Å². The number of nitrogens with zero attached hydrogens (tertiary/aromatic N) is 3. The zero-order valence-corrected chi connectivity index (χ0v) is 12.8. The average Bonchev–Trinajstić information content (AvgIpc) is 2.38. The molecule has 1 unspecified atom stereocenters. The number of amides is 1. The minimum Gasteiger partial charge on any atom is -0.480 e. The molecule has 0 aromatic rings. The molecule has 0 aromatic heterocycles. The normalized spacial score (nSPS) is 20.9. The van der Waals surface area contributed by atoms with Gasteiger partial charge in [0.05, 0.1) is 6.54 Å². The van der Waals surface area contributed by atoms with E-state index in [4.69, 9.17) is 5.11 Å². The monoisotopic (exact) mass is 307 g/mol. The molecule has 1 aliphatic rings. The molecule has 0 saturated carbocycles. The first-order chi connectivity index (χ1) is 9.17. The van der Waals surface area contributed by atoms with E-state index in [1.807, 2.05) is 0 Å². The van der Waals surface area contributed by atoms with E-state index >= 15 is 0 Å². The summed E-state index contributed by atoms with van der Waals surface area (Å²) >= 11 is 0. The third kappa shape index (κ3) is 3.68. The third-order valence-corrected chi connectivity index (χ3v) is 5.23. The topological polar surface area (TPSA) is 98.2 Å². The van der Waals surface area contributed by atoms with Crippen LogP contribution in [0.1, 0.15) is 19.3 Å². The molecule has 0 bridgehead atoms. The lowest BCUT2D eigenvalue weighted by Gasteiger charge is -2.34. The molecular formula is C11H21N3O5S. The molecule has 0 aliphatic carbocycles. The number of hydrogen-bond acceptors (Lipinski definition) is 4. The summed E-state index contributed by atoms with van der Waals surface area (Å²) in [6.07, 6.45) is 1.60. The summed E-state index contributed by atoms with van der Waals surface area (Å²) in [6.45, 7) is -0.141. The lowest BCUT2D eigenvalue weighted by atomic mass is 10.1. The second kappa shape index (κ2) is 6.51. The fraction of sp³-hybridized carbons (Fsp3) is 0.818. The molecule has 0 radical (unpaired) electrons. The molecule has 9 heteroatoms. The summed E-state index contributed by atoms with van der Waals surface area (Å²) in [4.78, 5) is 24.0. The fourth-order valence-electron chi connectivity index (χ4n) is 2.02. The molecule has 1 aliphatic heterocycles. The summed E-state index contributed by atoms with van der Waals surface area (Å²) < 4.78 is 26.6. The van der Waals surface area contributed by atoms with Crippen molar-refractivity contribution in [3.63, 3.8) is 0 Å². The maximum absolute atomic E-state index is 12.4. The van der Waals surface area contributed by atoms with Gasteiger partial charge in [-0.15, -0.1) is 0 Å². The Bertz CT molecular complexity index is 476. The first-order valence-electron chi connectivity index (χ1n) is 6.34. The maximum Gasteiger partial charge on any atom is 0.322 e. The molecule has 1 amide bonds. The van der Waals surface area contributed by atoms with Crippen LogP contribution < -0.4 is 0 Å². The highest BCUT2D eigenvalue weighted by atomic mass is 32.2. The Hall–Kier alpha value is -1.19. The highest BCUT2D eigenvalue weighted by Gasteiger charge is 2.39. The summed E-state index contributed by atoms with van der Waals surface area (Å²) in [5.74, 6) is -1.51. The van der Waals surface area contributed by atoms with Gasteiger partial charge in [-0.2, -0.15) is 17.0 Å². The molecule has 1 N–H and O–H groups in total. The SMILES string of the molecule is CN(C)C(=O)CN(C)S(=O)(=O)N1CCCCC1C(=O)O. The lowest BCUT2D eigenvalue weighted by molar-refractivity contribution is -0.142. The van der Waals surface area contributed by atoms with Gasteiger partial charge in [0, 0.05) is 27.7 Å². The van der Waals surface area contributed by atoms with E-state index in [0.29, 0.717) is 19.3 Å². The van der Waals surface area contributed by atoms with E-state index in [1.54, 1.807) is 0 Å². The third-order valence-electron chi connectivity index (χ3n) is 3.29. The van der Waals surface area contributed by atoms with E-state index in [-0.39, 0.29) is 19.0 Å². The van der Waals surface area contributed by atoms with Gasteiger partial charge in [0.25, 0.3) is 10.2 Å². The molecule has 20 heavy (non-hydrogen) atoms. The van der Waals surface area contributed by atoms with Gasteiger partial charge < -0.3 is 10.0 Å². The number of rotatable bonds is 5. The van der Waals surface area contributed by atoms with Crippen LogP contribution in [-0.2, 0) is 19.8 Å². The van der Waals surface area contributed by atoms with Crippen molar-refractivity contribution >= 4 is 22.1 Å². The summed E-state index contributed by atoms with van der Waals surface area (Å²) in [7, 11) is 0.398. The number of hydrogen-bond donors (Lipinski definition) is 1. The molecule has 1 rings (SSSR count). The Morgan fingerprint density at radius 2 is 1.85 bits per heavy atom. The van der Waals surface area contributed by atoms with Crippen molar-refractivity contribution in [3.05, 3.63) is 0 Å². The van der Waals surface area contributed by atoms with Crippen molar-refractivity contribution in [1.29, 1.82) is 0 Å². The Morgan fingerprint density at radius 1 is 1.25 bits per heavy atom. The molecule has 116 valence electrons. The van der Waals surface area contributed by atoms with E-state index in [2.05, 4.69) is 0 Å². The van der Waals surface area contributed by atoms with Gasteiger partial charge in [-0.1, -0.05) is 0 Å². The molecule has 8 nitrogen and oxygen atoms in total. The van der Waals surface area contributed by atoms with Crippen LogP contribution in [0.4, 0.5) is 0 Å². The van der Waals surface area contributed by atoms with Crippen LogP contribution >= 0.6 is 0 Å². The van der Waals surface area contributed by atoms with Gasteiger partial charge in [-0.05, 0) is 19.3 Å². The molecule has 0 aromatic carbocycles. The van der Waals surface area contributed by atoms with Crippen molar-refractivity contribution in [1.82, 2.24) is 13.5 Å². The number of carbonyl (C=O) groups excluding carboxylic acids is 1.